The molecular formula is C25H31N3O4S. The molecule has 1 aromatic heterocycles. The Hall–Kier alpha value is -2.68. The summed E-state index contributed by atoms with van der Waals surface area (Å²) in [4.78, 5) is 22.5. The molecule has 2 heterocycles. The molecule has 1 aliphatic rings. The number of nitrogens with zero attached hydrogens (tertiary/aromatic N) is 3. The number of carbonyl (C=O) groups excluding carboxylic acids is 1. The molecule has 0 spiro atoms. The summed E-state index contributed by atoms with van der Waals surface area (Å²) in [5.74, 6) is 1.45. The molecule has 2 aromatic carbocycles. The van der Waals surface area contributed by atoms with Gasteiger partial charge in [-0.25, -0.2) is 4.98 Å². The number of amides is 1. The maximum absolute atomic E-state index is 13.5. The Balaban J connectivity index is 1.60. The van der Waals surface area contributed by atoms with E-state index in [9.17, 15) is 4.79 Å². The molecule has 7 nitrogen and oxygen atoms in total. The monoisotopic (exact) mass is 469 g/mol. The number of morpholine rings is 1. The Morgan fingerprint density at radius 1 is 1.15 bits per heavy atom. The first-order valence-electron chi connectivity index (χ1n) is 11.3. The highest BCUT2D eigenvalue weighted by molar-refractivity contribution is 7.22. The number of carbonyl (C=O) groups is 1. The number of fused-ring (bicyclic) bond motifs is 1. The van der Waals surface area contributed by atoms with Gasteiger partial charge in [-0.2, -0.15) is 0 Å². The van der Waals surface area contributed by atoms with Crippen molar-refractivity contribution in [2.75, 3.05) is 58.5 Å². The highest BCUT2D eigenvalue weighted by Crippen LogP contribution is 2.40. The molecule has 0 saturated carbocycles. The second-order valence-corrected chi connectivity index (χ2v) is 9.14. The van der Waals surface area contributed by atoms with E-state index in [1.54, 1.807) is 14.2 Å². The zero-order valence-corrected chi connectivity index (χ0v) is 20.3. The fourth-order valence-electron chi connectivity index (χ4n) is 4.09. The van der Waals surface area contributed by atoms with Gasteiger partial charge in [0.15, 0.2) is 5.13 Å². The summed E-state index contributed by atoms with van der Waals surface area (Å²) in [5.41, 5.74) is 2.88. The van der Waals surface area contributed by atoms with Crippen molar-refractivity contribution in [1.29, 1.82) is 0 Å². The summed E-state index contributed by atoms with van der Waals surface area (Å²) in [6, 6.07) is 11.8. The van der Waals surface area contributed by atoms with Crippen LogP contribution in [0.25, 0.3) is 10.2 Å². The molecule has 1 saturated heterocycles. The average molecular weight is 470 g/mol. The number of benzene rings is 2. The fourth-order valence-corrected chi connectivity index (χ4v) is 5.20. The summed E-state index contributed by atoms with van der Waals surface area (Å²) in [6.45, 7) is 6.99. The Morgan fingerprint density at radius 2 is 1.91 bits per heavy atom. The van der Waals surface area contributed by atoms with Crippen molar-refractivity contribution in [2.45, 2.75) is 19.8 Å². The van der Waals surface area contributed by atoms with Gasteiger partial charge in [0, 0.05) is 26.2 Å². The predicted molar refractivity (Wildman–Crippen MR) is 132 cm³/mol. The lowest BCUT2D eigenvalue weighted by Gasteiger charge is -2.27. The van der Waals surface area contributed by atoms with Crippen LogP contribution < -0.4 is 14.4 Å². The Bertz CT molecular complexity index is 1050. The van der Waals surface area contributed by atoms with E-state index in [2.05, 4.69) is 11.0 Å². The number of thiazole rings is 1. The first kappa shape index (κ1) is 23.5. The number of rotatable bonds is 9. The van der Waals surface area contributed by atoms with Crippen molar-refractivity contribution in [3.63, 3.8) is 0 Å². The summed E-state index contributed by atoms with van der Waals surface area (Å²) < 4.78 is 17.4. The first-order valence-corrected chi connectivity index (χ1v) is 12.1. The number of aromatic nitrogens is 1. The lowest BCUT2D eigenvalue weighted by Crippen LogP contribution is -2.39. The van der Waals surface area contributed by atoms with Crippen LogP contribution in [0.5, 0.6) is 11.5 Å². The smallest absolute Gasteiger partial charge is 0.233 e. The van der Waals surface area contributed by atoms with Crippen molar-refractivity contribution in [2.24, 2.45) is 0 Å². The molecule has 1 fully saturated rings. The van der Waals surface area contributed by atoms with Gasteiger partial charge in [-0.3, -0.25) is 14.6 Å². The molecular weight excluding hydrogens is 438 g/mol. The van der Waals surface area contributed by atoms with Gasteiger partial charge in [0.2, 0.25) is 5.91 Å². The predicted octanol–water partition coefficient (Wildman–Crippen LogP) is 3.92. The van der Waals surface area contributed by atoms with Gasteiger partial charge in [-0.1, -0.05) is 41.2 Å². The molecule has 0 bridgehead atoms. The summed E-state index contributed by atoms with van der Waals surface area (Å²) in [6.07, 6.45) is 1.20. The van der Waals surface area contributed by atoms with Gasteiger partial charge < -0.3 is 14.2 Å². The van der Waals surface area contributed by atoms with E-state index in [-0.39, 0.29) is 5.91 Å². The van der Waals surface area contributed by atoms with Crippen LogP contribution >= 0.6 is 11.3 Å². The number of hydrogen-bond donors (Lipinski definition) is 0. The molecule has 4 rings (SSSR count). The van der Waals surface area contributed by atoms with E-state index in [0.717, 1.165) is 66.4 Å². The fraction of sp³-hybridized carbons (Fsp3) is 0.440. The van der Waals surface area contributed by atoms with Crippen molar-refractivity contribution in [1.82, 2.24) is 9.88 Å². The van der Waals surface area contributed by atoms with Crippen LogP contribution in [-0.2, 0) is 16.0 Å². The summed E-state index contributed by atoms with van der Waals surface area (Å²) in [7, 11) is 3.27. The van der Waals surface area contributed by atoms with Crippen molar-refractivity contribution >= 4 is 32.6 Å². The zero-order valence-electron chi connectivity index (χ0n) is 19.5. The van der Waals surface area contributed by atoms with Gasteiger partial charge in [0.25, 0.3) is 0 Å². The van der Waals surface area contributed by atoms with Crippen molar-refractivity contribution in [3.8, 4) is 11.5 Å². The Labute approximate surface area is 198 Å². The number of methoxy groups -OCH3 is 2. The normalized spacial score (nSPS) is 14.4. The third-order valence-corrected chi connectivity index (χ3v) is 6.92. The number of anilines is 1. The summed E-state index contributed by atoms with van der Waals surface area (Å²) >= 11 is 1.47. The Morgan fingerprint density at radius 3 is 2.64 bits per heavy atom. The third kappa shape index (κ3) is 5.63. The molecule has 3 aromatic rings. The van der Waals surface area contributed by atoms with Gasteiger partial charge in [0.1, 0.15) is 21.7 Å². The maximum Gasteiger partial charge on any atom is 0.233 e. The highest BCUT2D eigenvalue weighted by atomic mass is 32.1. The molecule has 1 amide bonds. The zero-order chi connectivity index (χ0) is 23.2. The minimum absolute atomic E-state index is 0.0413. The van der Waals surface area contributed by atoms with Crippen molar-refractivity contribution in [3.05, 3.63) is 47.5 Å². The molecule has 0 atom stereocenters. The van der Waals surface area contributed by atoms with E-state index in [1.165, 1.54) is 11.3 Å². The van der Waals surface area contributed by atoms with Crippen LogP contribution in [0.4, 0.5) is 5.13 Å². The van der Waals surface area contributed by atoms with Crippen LogP contribution in [-0.4, -0.2) is 69.4 Å². The standard InChI is InChI=1S/C25H31N3O4S/c1-18-6-4-7-19(16-18)17-22(29)28(11-5-10-27-12-14-32-15-13-27)25-26-23-20(30-2)8-9-21(31-3)24(23)33-25/h4,6-9,16H,5,10-15,17H2,1-3H3. The lowest BCUT2D eigenvalue weighted by molar-refractivity contribution is -0.118. The van der Waals surface area contributed by atoms with Crippen LogP contribution in [0.1, 0.15) is 17.5 Å². The highest BCUT2D eigenvalue weighted by Gasteiger charge is 2.23. The molecule has 0 radical (unpaired) electrons. The SMILES string of the molecule is COc1ccc(OC)c2sc(N(CCCN3CCOCC3)C(=O)Cc3cccc(C)c3)nc12. The molecule has 0 aliphatic carbocycles. The largest absolute Gasteiger partial charge is 0.495 e. The molecule has 8 heteroatoms. The van der Waals surface area contributed by atoms with Gasteiger partial charge in [-0.15, -0.1) is 0 Å². The minimum Gasteiger partial charge on any atom is -0.495 e. The molecule has 176 valence electrons. The van der Waals surface area contributed by atoms with E-state index < -0.39 is 0 Å². The molecule has 1 aliphatic heterocycles. The first-order chi connectivity index (χ1) is 16.1. The Kier molecular flexibility index (Phi) is 7.80. The number of ether oxygens (including phenoxy) is 3. The quantitative estimate of drug-likeness (QED) is 0.473. The molecule has 0 N–H and O–H groups in total. The second kappa shape index (κ2) is 11.0. The average Bonchev–Trinajstić information content (AvgIpc) is 3.27. The van der Waals surface area contributed by atoms with Crippen molar-refractivity contribution < 1.29 is 19.0 Å². The number of aryl methyl sites for hydroxylation is 1. The third-order valence-electron chi connectivity index (χ3n) is 5.83. The van der Waals surface area contributed by atoms with Gasteiger partial charge in [-0.05, 0) is 31.0 Å². The molecule has 33 heavy (non-hydrogen) atoms. The van der Waals surface area contributed by atoms with E-state index in [0.29, 0.717) is 23.8 Å². The lowest BCUT2D eigenvalue weighted by atomic mass is 10.1. The van der Waals surface area contributed by atoms with E-state index >= 15 is 0 Å². The number of hydrogen-bond acceptors (Lipinski definition) is 7. The topological polar surface area (TPSA) is 64.1 Å². The maximum atomic E-state index is 13.5. The second-order valence-electron chi connectivity index (χ2n) is 8.16. The van der Waals surface area contributed by atoms with Crippen LogP contribution in [0, 0.1) is 6.92 Å². The minimum atomic E-state index is 0.0413. The van der Waals surface area contributed by atoms with Gasteiger partial charge in [0.05, 0.1) is 33.9 Å². The summed E-state index contributed by atoms with van der Waals surface area (Å²) in [5, 5.41) is 0.674. The van der Waals surface area contributed by atoms with E-state index in [1.807, 2.05) is 42.2 Å². The molecule has 0 unspecified atom stereocenters. The van der Waals surface area contributed by atoms with Crippen LogP contribution in [0.3, 0.4) is 0 Å². The van der Waals surface area contributed by atoms with Gasteiger partial charge >= 0.3 is 0 Å². The van der Waals surface area contributed by atoms with E-state index in [4.69, 9.17) is 19.2 Å². The van der Waals surface area contributed by atoms with Crippen LogP contribution in [0.15, 0.2) is 36.4 Å². The van der Waals surface area contributed by atoms with Crippen LogP contribution in [0.2, 0.25) is 0 Å².